The van der Waals surface area contributed by atoms with Crippen molar-refractivity contribution in [2.24, 2.45) is 27.2 Å². The number of nitrogens with zero attached hydrogens (tertiary/aromatic N) is 4. The Labute approximate surface area is 374 Å². The number of rotatable bonds is 20. The Bertz CT molecular complexity index is 2120. The molecule has 1 unspecified atom stereocenters. The third-order valence-electron chi connectivity index (χ3n) is 9.89. The lowest BCUT2D eigenvalue weighted by Gasteiger charge is -2.22. The molecule has 0 aliphatic carbocycles. The van der Waals surface area contributed by atoms with Gasteiger partial charge in [0.25, 0.3) is 11.8 Å². The SMILES string of the molecule is CC(N)=NCCCCC(=O)Nc1cc(C(F)(F)F)cc(NC(=O)c2cc(C(=O)Nc3cc(C(F)(F)F)cc(NC(=O)CCCCN=C(N)N)c3OC3CCNC3)ncn2)c1O[C@H]1CCNC1. The van der Waals surface area contributed by atoms with Gasteiger partial charge in [0.1, 0.15) is 29.9 Å². The predicted octanol–water partition coefficient (Wildman–Crippen LogP) is 4.37. The Morgan fingerprint density at radius 3 is 1.42 bits per heavy atom. The lowest BCUT2D eigenvalue weighted by molar-refractivity contribution is -0.138. The number of guanidine groups is 1. The van der Waals surface area contributed by atoms with Crippen molar-refractivity contribution in [3.8, 4) is 11.5 Å². The average Bonchev–Trinajstić information content (AvgIpc) is 3.97. The van der Waals surface area contributed by atoms with Gasteiger partial charge in [0.05, 0.1) is 39.7 Å². The molecule has 4 amide bonds. The number of hydrogen-bond donors (Lipinski definition) is 9. The molecule has 3 heterocycles. The van der Waals surface area contributed by atoms with Gasteiger partial charge in [-0.2, -0.15) is 26.3 Å². The monoisotopic (exact) mass is 935 g/mol. The van der Waals surface area contributed by atoms with Crippen LogP contribution in [0.25, 0.3) is 0 Å². The van der Waals surface area contributed by atoms with E-state index in [1.54, 1.807) is 6.92 Å². The van der Waals surface area contributed by atoms with Crippen molar-refractivity contribution in [3.63, 3.8) is 0 Å². The molecule has 12 N–H and O–H groups in total. The van der Waals surface area contributed by atoms with E-state index >= 15 is 0 Å². The molecular weight excluding hydrogens is 885 g/mol. The van der Waals surface area contributed by atoms with E-state index in [1.807, 2.05) is 0 Å². The van der Waals surface area contributed by atoms with Crippen LogP contribution >= 0.6 is 0 Å². The number of nitrogens with one attached hydrogen (secondary N) is 6. The largest absolute Gasteiger partial charge is 0.485 e. The zero-order valence-corrected chi connectivity index (χ0v) is 35.8. The molecule has 2 aliphatic heterocycles. The Balaban J connectivity index is 1.43. The van der Waals surface area contributed by atoms with Crippen LogP contribution in [-0.4, -0.2) is 96.9 Å². The van der Waals surface area contributed by atoms with Crippen LogP contribution in [0, 0.1) is 0 Å². The molecule has 0 bridgehead atoms. The summed E-state index contributed by atoms with van der Waals surface area (Å²) in [6.07, 6.45) is -8.12. The number of amides is 4. The van der Waals surface area contributed by atoms with Crippen molar-refractivity contribution < 1.29 is 55.0 Å². The number of aliphatic imine (C=N–C) groups is 2. The second-order valence-electron chi connectivity index (χ2n) is 15.3. The molecule has 2 saturated heterocycles. The first-order valence-corrected chi connectivity index (χ1v) is 20.9. The lowest BCUT2D eigenvalue weighted by atomic mass is 10.1. The highest BCUT2D eigenvalue weighted by molar-refractivity contribution is 6.09. The van der Waals surface area contributed by atoms with Gasteiger partial charge in [-0.1, -0.05) is 0 Å². The molecule has 0 radical (unpaired) electrons. The third-order valence-corrected chi connectivity index (χ3v) is 9.89. The molecule has 358 valence electrons. The molecule has 0 saturated carbocycles. The fraction of sp³-hybridized carbons (Fsp3) is 0.463. The summed E-state index contributed by atoms with van der Waals surface area (Å²) in [5, 5.41) is 15.7. The minimum Gasteiger partial charge on any atom is -0.485 e. The van der Waals surface area contributed by atoms with Gasteiger partial charge >= 0.3 is 12.4 Å². The molecule has 5 rings (SSSR count). The van der Waals surface area contributed by atoms with Gasteiger partial charge < -0.3 is 58.6 Å². The van der Waals surface area contributed by atoms with Crippen LogP contribution in [-0.2, 0) is 21.9 Å². The molecule has 3 aromatic rings. The normalized spacial score (nSPS) is 16.3. The van der Waals surface area contributed by atoms with Crippen LogP contribution in [0.5, 0.6) is 11.5 Å². The lowest BCUT2D eigenvalue weighted by Crippen LogP contribution is -2.24. The number of amidine groups is 1. The highest BCUT2D eigenvalue weighted by atomic mass is 19.4. The maximum Gasteiger partial charge on any atom is 0.416 e. The summed E-state index contributed by atoms with van der Waals surface area (Å²) in [4.78, 5) is 69.2. The minimum absolute atomic E-state index is 0.0854. The minimum atomic E-state index is -4.96. The number of ether oxygens (including phenoxy) is 2. The Morgan fingerprint density at radius 2 is 1.06 bits per heavy atom. The molecule has 0 spiro atoms. The van der Waals surface area contributed by atoms with E-state index in [4.69, 9.17) is 26.7 Å². The molecule has 2 fully saturated rings. The summed E-state index contributed by atoms with van der Waals surface area (Å²) in [6.45, 7) is 3.81. The Hall–Kier alpha value is -6.76. The molecule has 2 aromatic carbocycles. The summed E-state index contributed by atoms with van der Waals surface area (Å²) >= 11 is 0. The number of benzene rings is 2. The number of alkyl halides is 6. The fourth-order valence-electron chi connectivity index (χ4n) is 6.66. The summed E-state index contributed by atoms with van der Waals surface area (Å²) in [7, 11) is 0. The molecular formula is C41H51F6N13O6. The van der Waals surface area contributed by atoms with E-state index in [0.717, 1.165) is 12.4 Å². The van der Waals surface area contributed by atoms with Gasteiger partial charge in [-0.25, -0.2) is 9.97 Å². The van der Waals surface area contributed by atoms with E-state index in [2.05, 4.69) is 51.9 Å². The van der Waals surface area contributed by atoms with Gasteiger partial charge in [0.15, 0.2) is 17.5 Å². The van der Waals surface area contributed by atoms with Gasteiger partial charge in [-0.05, 0) is 82.8 Å². The van der Waals surface area contributed by atoms with Gasteiger partial charge in [-0.3, -0.25) is 29.2 Å². The molecule has 66 heavy (non-hydrogen) atoms. The zero-order valence-electron chi connectivity index (χ0n) is 35.8. The highest BCUT2D eigenvalue weighted by Crippen LogP contribution is 2.43. The van der Waals surface area contributed by atoms with Gasteiger partial charge in [-0.15, -0.1) is 0 Å². The van der Waals surface area contributed by atoms with Crippen molar-refractivity contribution in [3.05, 3.63) is 59.2 Å². The van der Waals surface area contributed by atoms with E-state index < -0.39 is 82.1 Å². The molecule has 2 aliphatic rings. The second kappa shape index (κ2) is 22.9. The van der Waals surface area contributed by atoms with Crippen LogP contribution in [0.15, 0.2) is 46.6 Å². The number of carbonyl (C=O) groups excluding carboxylic acids is 4. The van der Waals surface area contributed by atoms with Crippen LogP contribution in [0.2, 0.25) is 0 Å². The number of aromatic nitrogens is 2. The van der Waals surface area contributed by atoms with Gasteiger partial charge in [0, 0.05) is 45.1 Å². The second-order valence-corrected chi connectivity index (χ2v) is 15.3. The number of carbonyl (C=O) groups is 4. The predicted molar refractivity (Wildman–Crippen MR) is 232 cm³/mol. The van der Waals surface area contributed by atoms with Crippen LogP contribution < -0.4 is 58.6 Å². The number of hydrogen-bond acceptors (Lipinski definition) is 12. The molecule has 19 nitrogen and oxygen atoms in total. The van der Waals surface area contributed by atoms with Crippen LogP contribution in [0.4, 0.5) is 49.1 Å². The van der Waals surface area contributed by atoms with Crippen LogP contribution in [0.1, 0.15) is 90.4 Å². The van der Waals surface area contributed by atoms with Crippen molar-refractivity contribution in [1.29, 1.82) is 0 Å². The summed E-state index contributed by atoms with van der Waals surface area (Å²) in [5.41, 5.74) is 10.8. The van der Waals surface area contributed by atoms with E-state index in [1.165, 1.54) is 0 Å². The van der Waals surface area contributed by atoms with Crippen molar-refractivity contribution in [2.45, 2.75) is 82.9 Å². The Morgan fingerprint density at radius 1 is 0.652 bits per heavy atom. The maximum atomic E-state index is 14.3. The van der Waals surface area contributed by atoms with Crippen molar-refractivity contribution in [1.82, 2.24) is 20.6 Å². The van der Waals surface area contributed by atoms with Crippen molar-refractivity contribution in [2.75, 3.05) is 60.5 Å². The number of halogens is 6. The first-order chi connectivity index (χ1) is 31.3. The van der Waals surface area contributed by atoms with Gasteiger partial charge in [0.2, 0.25) is 11.8 Å². The third kappa shape index (κ3) is 15.2. The number of unbranched alkanes of at least 4 members (excludes halogenated alkanes) is 2. The number of anilines is 4. The van der Waals surface area contributed by atoms with E-state index in [0.29, 0.717) is 94.9 Å². The first-order valence-electron chi connectivity index (χ1n) is 20.9. The Kier molecular flexibility index (Phi) is 17.4. The summed E-state index contributed by atoms with van der Waals surface area (Å²) < 4.78 is 97.9. The maximum absolute atomic E-state index is 14.3. The molecule has 2 atom stereocenters. The smallest absolute Gasteiger partial charge is 0.416 e. The van der Waals surface area contributed by atoms with E-state index in [9.17, 15) is 45.5 Å². The average molecular weight is 936 g/mol. The fourth-order valence-corrected chi connectivity index (χ4v) is 6.66. The quantitative estimate of drug-likeness (QED) is 0.0330. The standard InChI is InChI=1S/C41H51F6N13O6/c1-22(48)53-10-4-2-6-33(61)57-27-14-23(40(42,43)44)16-29(35(27)65-25-8-12-51-19-25)59-37(63)31-18-32(56-21-55-31)38(64)60-30-17-24(41(45,46)47)15-28(36(30)66-26-9-13-52-20-26)58-34(62)7-3-5-11-54-39(49)50/h14-18,21,25-26,51-52H,2-13,19-20H2,1H3,(H2,48,53)(H,57,61)(H,58,62)(H,59,63)(H,60,64)(H4,49,50,54)/t25-,26?/m0/s1. The summed E-state index contributed by atoms with van der Waals surface area (Å²) in [5.74, 6) is -3.95. The molecule has 25 heteroatoms. The highest BCUT2D eigenvalue weighted by Gasteiger charge is 2.36. The zero-order chi connectivity index (χ0) is 48.0. The van der Waals surface area contributed by atoms with Crippen molar-refractivity contribution >= 4 is 58.2 Å². The van der Waals surface area contributed by atoms with Crippen LogP contribution in [0.3, 0.4) is 0 Å². The number of nitrogens with two attached hydrogens (primary N) is 3. The first kappa shape index (κ1) is 50.2. The molecule has 1 aromatic heterocycles. The summed E-state index contributed by atoms with van der Waals surface area (Å²) in [6, 6.07) is 3.44. The van der Waals surface area contributed by atoms with E-state index in [-0.39, 0.29) is 54.6 Å². The topological polar surface area (TPSA) is 287 Å².